The van der Waals surface area contributed by atoms with E-state index in [0.717, 1.165) is 5.56 Å². The average Bonchev–Trinajstić information content (AvgIpc) is 2.17. The molecule has 0 aliphatic rings. The Kier molecular flexibility index (Phi) is 4.54. The van der Waals surface area contributed by atoms with Gasteiger partial charge in [0, 0.05) is 0 Å². The summed E-state index contributed by atoms with van der Waals surface area (Å²) in [6, 6.07) is 2.92. The normalized spacial score (nSPS) is 12.3. The summed E-state index contributed by atoms with van der Waals surface area (Å²) < 4.78 is 40.6. The van der Waals surface area contributed by atoms with Crippen molar-refractivity contribution in [3.8, 4) is 5.75 Å². The number of rotatable bonds is 3. The van der Waals surface area contributed by atoms with Crippen molar-refractivity contribution in [1.29, 1.82) is 0 Å². The van der Waals surface area contributed by atoms with Crippen molar-refractivity contribution in [2.24, 2.45) is 0 Å². The number of hydrogen-bond donors (Lipinski definition) is 0. The number of ether oxygens (including phenoxy) is 1. The topological polar surface area (TPSA) is 9.23 Å². The van der Waals surface area contributed by atoms with Gasteiger partial charge in [-0.1, -0.05) is 45.4 Å². The minimum atomic E-state index is -4.72. The third-order valence-corrected chi connectivity index (χ3v) is 2.99. The summed E-state index contributed by atoms with van der Waals surface area (Å²) in [4.78, 5) is 0. The van der Waals surface area contributed by atoms with E-state index in [0.29, 0.717) is 5.56 Å². The Labute approximate surface area is 110 Å². The number of hydrogen-bond acceptors (Lipinski definition) is 1. The van der Waals surface area contributed by atoms with Crippen LogP contribution < -0.4 is 4.74 Å². The van der Waals surface area contributed by atoms with Crippen molar-refractivity contribution >= 4 is 11.6 Å². The first-order chi connectivity index (χ1) is 8.13. The molecular formula is C13H16ClF3O. The van der Waals surface area contributed by atoms with E-state index in [1.165, 1.54) is 6.07 Å². The highest BCUT2D eigenvalue weighted by molar-refractivity contribution is 6.33. The first kappa shape index (κ1) is 15.2. The van der Waals surface area contributed by atoms with Crippen molar-refractivity contribution in [3.05, 3.63) is 28.3 Å². The molecule has 0 atom stereocenters. The third-order valence-electron chi connectivity index (χ3n) is 2.60. The lowest BCUT2D eigenvalue weighted by molar-refractivity contribution is -0.274. The quantitative estimate of drug-likeness (QED) is 0.712. The maximum Gasteiger partial charge on any atom is 0.573 e. The molecular weight excluding hydrogens is 265 g/mol. The van der Waals surface area contributed by atoms with Gasteiger partial charge >= 0.3 is 6.36 Å². The van der Waals surface area contributed by atoms with E-state index in [2.05, 4.69) is 4.74 Å². The van der Waals surface area contributed by atoms with E-state index in [1.807, 2.05) is 27.7 Å². The molecule has 18 heavy (non-hydrogen) atoms. The molecule has 1 rings (SSSR count). The van der Waals surface area contributed by atoms with Crippen LogP contribution in [0.2, 0.25) is 5.02 Å². The SMILES string of the molecule is CC(C)c1ccc(OC(F)(F)F)c(Cl)c1C(C)C. The molecule has 102 valence electrons. The second-order valence-electron chi connectivity index (χ2n) is 4.74. The van der Waals surface area contributed by atoms with Crippen molar-refractivity contribution < 1.29 is 17.9 Å². The van der Waals surface area contributed by atoms with Gasteiger partial charge in [-0.3, -0.25) is 0 Å². The van der Waals surface area contributed by atoms with E-state index in [9.17, 15) is 13.2 Å². The molecule has 0 fully saturated rings. The van der Waals surface area contributed by atoms with E-state index in [4.69, 9.17) is 11.6 Å². The maximum absolute atomic E-state index is 12.2. The van der Waals surface area contributed by atoms with Crippen LogP contribution in [-0.4, -0.2) is 6.36 Å². The van der Waals surface area contributed by atoms with Crippen LogP contribution in [0.5, 0.6) is 5.75 Å². The Bertz CT molecular complexity index is 425. The van der Waals surface area contributed by atoms with Crippen molar-refractivity contribution in [2.45, 2.75) is 45.9 Å². The summed E-state index contributed by atoms with van der Waals surface area (Å²) in [5.74, 6) is -0.108. The lowest BCUT2D eigenvalue weighted by Crippen LogP contribution is -2.18. The third kappa shape index (κ3) is 3.55. The molecule has 0 aliphatic carbocycles. The molecule has 0 aliphatic heterocycles. The minimum Gasteiger partial charge on any atom is -0.404 e. The summed E-state index contributed by atoms with van der Waals surface area (Å²) in [6.45, 7) is 7.73. The highest BCUT2D eigenvalue weighted by Crippen LogP contribution is 2.40. The molecule has 1 nitrogen and oxygen atoms in total. The maximum atomic E-state index is 12.2. The first-order valence-electron chi connectivity index (χ1n) is 5.71. The molecule has 0 bridgehead atoms. The second kappa shape index (κ2) is 5.39. The van der Waals surface area contributed by atoms with E-state index in [-0.39, 0.29) is 22.6 Å². The zero-order valence-corrected chi connectivity index (χ0v) is 11.5. The lowest BCUT2D eigenvalue weighted by atomic mass is 9.90. The molecule has 0 amide bonds. The average molecular weight is 281 g/mol. The van der Waals surface area contributed by atoms with Gasteiger partial charge in [-0.25, -0.2) is 0 Å². The Hall–Kier alpha value is -0.900. The van der Waals surface area contributed by atoms with Gasteiger partial charge < -0.3 is 4.74 Å². The van der Waals surface area contributed by atoms with E-state index in [1.54, 1.807) is 6.07 Å². The van der Waals surface area contributed by atoms with Gasteiger partial charge in [0.05, 0.1) is 5.02 Å². The van der Waals surface area contributed by atoms with Crippen molar-refractivity contribution in [1.82, 2.24) is 0 Å². The smallest absolute Gasteiger partial charge is 0.404 e. The molecule has 0 spiro atoms. The van der Waals surface area contributed by atoms with Gasteiger partial charge in [-0.2, -0.15) is 0 Å². The first-order valence-corrected chi connectivity index (χ1v) is 6.09. The summed E-state index contributed by atoms with van der Waals surface area (Å²) in [6.07, 6.45) is -4.72. The minimum absolute atomic E-state index is 0.0340. The molecule has 0 aromatic heterocycles. The Morgan fingerprint density at radius 3 is 2.00 bits per heavy atom. The van der Waals surface area contributed by atoms with Gasteiger partial charge in [0.15, 0.2) is 0 Å². The zero-order chi connectivity index (χ0) is 14.1. The van der Waals surface area contributed by atoms with Crippen molar-refractivity contribution in [2.75, 3.05) is 0 Å². The van der Waals surface area contributed by atoms with Gasteiger partial charge in [0.25, 0.3) is 0 Å². The van der Waals surface area contributed by atoms with Crippen LogP contribution in [-0.2, 0) is 0 Å². The van der Waals surface area contributed by atoms with E-state index < -0.39 is 6.36 Å². The predicted molar refractivity (Wildman–Crippen MR) is 66.3 cm³/mol. The summed E-state index contributed by atoms with van der Waals surface area (Å²) in [5, 5.41) is 0.0496. The molecule has 0 radical (unpaired) electrons. The molecule has 0 saturated carbocycles. The van der Waals surface area contributed by atoms with Crippen LogP contribution in [0.15, 0.2) is 12.1 Å². The summed E-state index contributed by atoms with van der Waals surface area (Å²) in [7, 11) is 0. The molecule has 1 aromatic carbocycles. The highest BCUT2D eigenvalue weighted by Gasteiger charge is 2.33. The van der Waals surface area contributed by atoms with Gasteiger partial charge in [-0.05, 0) is 29.0 Å². The van der Waals surface area contributed by atoms with Crippen LogP contribution in [0.25, 0.3) is 0 Å². The largest absolute Gasteiger partial charge is 0.573 e. The van der Waals surface area contributed by atoms with Gasteiger partial charge in [-0.15, -0.1) is 13.2 Å². The molecule has 0 heterocycles. The van der Waals surface area contributed by atoms with Crippen LogP contribution in [0.1, 0.15) is 50.7 Å². The molecule has 0 saturated heterocycles. The zero-order valence-electron chi connectivity index (χ0n) is 10.7. The number of alkyl halides is 3. The molecule has 0 N–H and O–H groups in total. The number of benzene rings is 1. The molecule has 0 unspecified atom stereocenters. The fourth-order valence-corrected chi connectivity index (χ4v) is 2.31. The fraction of sp³-hybridized carbons (Fsp3) is 0.538. The highest BCUT2D eigenvalue weighted by atomic mass is 35.5. The molecule has 5 heteroatoms. The van der Waals surface area contributed by atoms with Gasteiger partial charge in [0.1, 0.15) is 5.75 Å². The summed E-state index contributed by atoms with van der Waals surface area (Å²) >= 11 is 6.03. The lowest BCUT2D eigenvalue weighted by Gasteiger charge is -2.20. The van der Waals surface area contributed by atoms with E-state index >= 15 is 0 Å². The summed E-state index contributed by atoms with van der Waals surface area (Å²) in [5.41, 5.74) is 1.66. The Morgan fingerprint density at radius 1 is 1.06 bits per heavy atom. The standard InChI is InChI=1S/C13H16ClF3O/c1-7(2)9-5-6-10(18-13(15,16)17)12(14)11(9)8(3)4/h5-8H,1-4H3. The predicted octanol–water partition coefficient (Wildman–Crippen LogP) is 5.49. The molecule has 1 aromatic rings. The Morgan fingerprint density at radius 2 is 1.61 bits per heavy atom. The second-order valence-corrected chi connectivity index (χ2v) is 5.12. The van der Waals surface area contributed by atoms with Gasteiger partial charge in [0.2, 0.25) is 0 Å². The van der Waals surface area contributed by atoms with Crippen LogP contribution >= 0.6 is 11.6 Å². The fourth-order valence-electron chi connectivity index (χ4n) is 1.88. The number of halogens is 4. The van der Waals surface area contributed by atoms with Crippen LogP contribution in [0, 0.1) is 0 Å². The van der Waals surface area contributed by atoms with Crippen LogP contribution in [0.4, 0.5) is 13.2 Å². The van der Waals surface area contributed by atoms with Crippen molar-refractivity contribution in [3.63, 3.8) is 0 Å². The van der Waals surface area contributed by atoms with Crippen LogP contribution in [0.3, 0.4) is 0 Å². The Balaban J connectivity index is 3.31. The monoisotopic (exact) mass is 280 g/mol.